The van der Waals surface area contributed by atoms with Gasteiger partial charge in [0.25, 0.3) is 0 Å². The van der Waals surface area contributed by atoms with E-state index < -0.39 is 5.97 Å². The largest absolute Gasteiger partial charge is 0.481 e. The zero-order valence-corrected chi connectivity index (χ0v) is 11.7. The van der Waals surface area contributed by atoms with E-state index in [0.29, 0.717) is 0 Å². The van der Waals surface area contributed by atoms with Gasteiger partial charge in [-0.15, -0.1) is 0 Å². The molecule has 2 aromatic rings. The van der Waals surface area contributed by atoms with Crippen molar-refractivity contribution < 1.29 is 14.7 Å². The minimum atomic E-state index is -0.958. The maximum Gasteiger partial charge on any atom is 0.328 e. The predicted molar refractivity (Wildman–Crippen MR) is 77.1 cm³/mol. The van der Waals surface area contributed by atoms with E-state index in [9.17, 15) is 14.4 Å². The third-order valence-electron chi connectivity index (χ3n) is 3.28. The van der Waals surface area contributed by atoms with E-state index in [-0.39, 0.29) is 37.5 Å². The Morgan fingerprint density at radius 1 is 1.19 bits per heavy atom. The van der Waals surface area contributed by atoms with Crippen molar-refractivity contribution in [3.05, 3.63) is 34.7 Å². The van der Waals surface area contributed by atoms with Gasteiger partial charge < -0.3 is 10.4 Å². The molecule has 0 aliphatic heterocycles. The van der Waals surface area contributed by atoms with Gasteiger partial charge in [-0.25, -0.2) is 4.79 Å². The molecular weight excluding hydrogens is 274 g/mol. The molecule has 7 nitrogen and oxygen atoms in total. The van der Waals surface area contributed by atoms with Crippen LogP contribution in [-0.4, -0.2) is 32.7 Å². The van der Waals surface area contributed by atoms with Crippen molar-refractivity contribution in [3.63, 3.8) is 0 Å². The number of rotatable bonds is 6. The summed E-state index contributed by atoms with van der Waals surface area (Å²) in [4.78, 5) is 34.1. The Morgan fingerprint density at radius 2 is 1.86 bits per heavy atom. The number of hydrogen-bond donors (Lipinski definition) is 2. The maximum absolute atomic E-state index is 12.1. The smallest absolute Gasteiger partial charge is 0.328 e. The summed E-state index contributed by atoms with van der Waals surface area (Å²) < 4.78 is 3.09. The number of benzene rings is 1. The van der Waals surface area contributed by atoms with Gasteiger partial charge in [0.15, 0.2) is 0 Å². The number of nitrogens with zero attached hydrogens (tertiary/aromatic N) is 2. The van der Waals surface area contributed by atoms with E-state index in [1.54, 1.807) is 11.6 Å². The van der Waals surface area contributed by atoms with Crippen LogP contribution < -0.4 is 11.0 Å². The number of fused-ring (bicyclic) bond motifs is 1. The highest BCUT2D eigenvalue weighted by Gasteiger charge is 2.11. The highest BCUT2D eigenvalue weighted by molar-refractivity contribution is 5.78. The molecule has 0 aliphatic rings. The Balaban J connectivity index is 2.04. The summed E-state index contributed by atoms with van der Waals surface area (Å²) in [5, 5.41) is 11.0. The van der Waals surface area contributed by atoms with E-state index in [0.717, 1.165) is 11.0 Å². The number of amides is 1. The van der Waals surface area contributed by atoms with Gasteiger partial charge in [-0.2, -0.15) is 0 Å². The molecule has 7 heteroatoms. The maximum atomic E-state index is 12.1. The Labute approximate surface area is 120 Å². The molecule has 0 spiro atoms. The SMILES string of the molecule is Cn1c(=O)n(CCC(=O)NCCC(=O)O)c2ccccc21. The summed E-state index contributed by atoms with van der Waals surface area (Å²) in [6.45, 7) is 0.359. The molecule has 0 aliphatic carbocycles. The molecule has 0 unspecified atom stereocenters. The van der Waals surface area contributed by atoms with Crippen LogP contribution in [0.3, 0.4) is 0 Å². The van der Waals surface area contributed by atoms with E-state index in [2.05, 4.69) is 5.32 Å². The number of carbonyl (C=O) groups excluding carboxylic acids is 1. The lowest BCUT2D eigenvalue weighted by Gasteiger charge is -2.04. The minimum Gasteiger partial charge on any atom is -0.481 e. The molecule has 2 N–H and O–H groups in total. The van der Waals surface area contributed by atoms with Crippen molar-refractivity contribution in [2.24, 2.45) is 7.05 Å². The van der Waals surface area contributed by atoms with E-state index >= 15 is 0 Å². The molecule has 1 aromatic heterocycles. The summed E-state index contributed by atoms with van der Waals surface area (Å²) in [6, 6.07) is 7.37. The molecule has 0 radical (unpaired) electrons. The highest BCUT2D eigenvalue weighted by atomic mass is 16.4. The molecule has 0 saturated heterocycles. The molecule has 0 atom stereocenters. The van der Waals surface area contributed by atoms with Gasteiger partial charge in [0.05, 0.1) is 17.5 Å². The van der Waals surface area contributed by atoms with Crippen LogP contribution in [0, 0.1) is 0 Å². The molecule has 2 rings (SSSR count). The second-order valence-corrected chi connectivity index (χ2v) is 4.73. The van der Waals surface area contributed by atoms with Crippen LogP contribution in [0.5, 0.6) is 0 Å². The van der Waals surface area contributed by atoms with Crippen LogP contribution in [0.15, 0.2) is 29.1 Å². The van der Waals surface area contributed by atoms with Crippen LogP contribution in [0.4, 0.5) is 0 Å². The average molecular weight is 291 g/mol. The first-order valence-corrected chi connectivity index (χ1v) is 6.63. The lowest BCUT2D eigenvalue weighted by Crippen LogP contribution is -2.29. The number of aryl methyl sites for hydroxylation is 2. The molecule has 0 fully saturated rings. The molecule has 1 amide bonds. The number of nitrogens with one attached hydrogen (secondary N) is 1. The zero-order chi connectivity index (χ0) is 15.4. The fraction of sp³-hybridized carbons (Fsp3) is 0.357. The fourth-order valence-corrected chi connectivity index (χ4v) is 2.19. The van der Waals surface area contributed by atoms with Gasteiger partial charge in [0.1, 0.15) is 0 Å². The van der Waals surface area contributed by atoms with Gasteiger partial charge >= 0.3 is 11.7 Å². The Hall–Kier alpha value is -2.57. The molecule has 0 bridgehead atoms. The second kappa shape index (κ2) is 6.25. The van der Waals surface area contributed by atoms with Crippen LogP contribution in [0.1, 0.15) is 12.8 Å². The Kier molecular flexibility index (Phi) is 4.42. The van der Waals surface area contributed by atoms with Gasteiger partial charge in [0, 0.05) is 26.6 Å². The van der Waals surface area contributed by atoms with Crippen molar-refractivity contribution in [2.75, 3.05) is 6.54 Å². The first kappa shape index (κ1) is 14.8. The first-order chi connectivity index (χ1) is 10.0. The number of hydrogen-bond acceptors (Lipinski definition) is 3. The fourth-order valence-electron chi connectivity index (χ4n) is 2.19. The number of aliphatic carboxylic acids is 1. The average Bonchev–Trinajstić information content (AvgIpc) is 2.69. The standard InChI is InChI=1S/C14H17N3O4/c1-16-10-4-2-3-5-11(10)17(14(16)21)9-7-12(18)15-8-6-13(19)20/h2-5H,6-9H2,1H3,(H,15,18)(H,19,20). The van der Waals surface area contributed by atoms with Crippen LogP contribution in [0.25, 0.3) is 11.0 Å². The molecule has 112 valence electrons. The topological polar surface area (TPSA) is 93.3 Å². The minimum absolute atomic E-state index is 0.0958. The van der Waals surface area contributed by atoms with E-state index in [1.807, 2.05) is 24.3 Å². The highest BCUT2D eigenvalue weighted by Crippen LogP contribution is 2.11. The van der Waals surface area contributed by atoms with Crippen molar-refractivity contribution in [2.45, 2.75) is 19.4 Å². The number of carbonyl (C=O) groups is 2. The summed E-state index contributed by atoms with van der Waals surface area (Å²) in [5.41, 5.74) is 1.42. The summed E-state index contributed by atoms with van der Waals surface area (Å²) in [5.74, 6) is -1.23. The molecule has 1 heterocycles. The second-order valence-electron chi connectivity index (χ2n) is 4.73. The normalized spacial score (nSPS) is 10.7. The van der Waals surface area contributed by atoms with Crippen LogP contribution >= 0.6 is 0 Å². The van der Waals surface area contributed by atoms with Crippen molar-refractivity contribution in [1.82, 2.24) is 14.5 Å². The van der Waals surface area contributed by atoms with Gasteiger partial charge in [-0.1, -0.05) is 12.1 Å². The third kappa shape index (κ3) is 3.31. The van der Waals surface area contributed by atoms with Crippen molar-refractivity contribution in [3.8, 4) is 0 Å². The number of carboxylic acid groups (broad SMARTS) is 1. The predicted octanol–water partition coefficient (Wildman–Crippen LogP) is 0.321. The number of para-hydroxylation sites is 2. The van der Waals surface area contributed by atoms with Crippen LogP contribution in [0.2, 0.25) is 0 Å². The van der Waals surface area contributed by atoms with Crippen LogP contribution in [-0.2, 0) is 23.2 Å². The number of aromatic nitrogens is 2. The lowest BCUT2D eigenvalue weighted by molar-refractivity contribution is -0.136. The lowest BCUT2D eigenvalue weighted by atomic mass is 10.3. The molecular formula is C14H17N3O4. The monoisotopic (exact) mass is 291 g/mol. The Morgan fingerprint density at radius 3 is 2.52 bits per heavy atom. The quantitative estimate of drug-likeness (QED) is 0.801. The van der Waals surface area contributed by atoms with Crippen molar-refractivity contribution >= 4 is 22.9 Å². The number of imidazole rings is 1. The molecule has 0 saturated carbocycles. The zero-order valence-electron chi connectivity index (χ0n) is 11.7. The molecule has 21 heavy (non-hydrogen) atoms. The number of carboxylic acids is 1. The van der Waals surface area contributed by atoms with Gasteiger partial charge in [-0.3, -0.25) is 18.7 Å². The van der Waals surface area contributed by atoms with Gasteiger partial charge in [-0.05, 0) is 12.1 Å². The van der Waals surface area contributed by atoms with Crippen molar-refractivity contribution in [1.29, 1.82) is 0 Å². The van der Waals surface area contributed by atoms with E-state index in [1.165, 1.54) is 4.57 Å². The third-order valence-corrected chi connectivity index (χ3v) is 3.28. The summed E-state index contributed by atoms with van der Waals surface area (Å²) >= 11 is 0. The summed E-state index contributed by atoms with van der Waals surface area (Å²) in [6.07, 6.45) is 0.0213. The Bertz CT molecular complexity index is 729. The van der Waals surface area contributed by atoms with Gasteiger partial charge in [0.2, 0.25) is 5.91 Å². The molecule has 1 aromatic carbocycles. The summed E-state index contributed by atoms with van der Waals surface area (Å²) in [7, 11) is 1.69. The van der Waals surface area contributed by atoms with E-state index in [4.69, 9.17) is 5.11 Å². The first-order valence-electron chi connectivity index (χ1n) is 6.63.